The van der Waals surface area contributed by atoms with Crippen LogP contribution in [0.2, 0.25) is 0 Å². The summed E-state index contributed by atoms with van der Waals surface area (Å²) in [5.74, 6) is -0.423. The van der Waals surface area contributed by atoms with Crippen LogP contribution in [0.25, 0.3) is 11.3 Å². The van der Waals surface area contributed by atoms with Crippen molar-refractivity contribution in [3.63, 3.8) is 0 Å². The molecule has 3 rings (SSSR count). The van der Waals surface area contributed by atoms with Gasteiger partial charge in [0.1, 0.15) is 5.82 Å². The Morgan fingerprint density at radius 1 is 1.25 bits per heavy atom. The van der Waals surface area contributed by atoms with Crippen molar-refractivity contribution in [1.82, 2.24) is 9.97 Å². The van der Waals surface area contributed by atoms with Gasteiger partial charge in [-0.25, -0.2) is 14.4 Å². The highest BCUT2D eigenvalue weighted by Gasteiger charge is 2.16. The lowest BCUT2D eigenvalue weighted by Crippen LogP contribution is -2.22. The van der Waals surface area contributed by atoms with E-state index in [1.54, 1.807) is 18.3 Å². The van der Waals surface area contributed by atoms with Crippen molar-refractivity contribution in [2.24, 2.45) is 0 Å². The largest absolute Gasteiger partial charge is 0.301 e. The molecule has 7 heteroatoms. The molecule has 3 aromatic rings. The van der Waals surface area contributed by atoms with Gasteiger partial charge in [0.05, 0.1) is 16.0 Å². The van der Waals surface area contributed by atoms with Gasteiger partial charge < -0.3 is 5.32 Å². The average Bonchev–Trinajstić information content (AvgIpc) is 3.05. The number of hydrogen-bond acceptors (Lipinski definition) is 5. The van der Waals surface area contributed by atoms with Gasteiger partial charge in [-0.1, -0.05) is 17.8 Å². The van der Waals surface area contributed by atoms with Crippen molar-refractivity contribution in [1.29, 1.82) is 0 Å². The molecule has 24 heavy (non-hydrogen) atoms. The minimum Gasteiger partial charge on any atom is -0.301 e. The van der Waals surface area contributed by atoms with E-state index in [-0.39, 0.29) is 17.0 Å². The van der Waals surface area contributed by atoms with Crippen molar-refractivity contribution < 1.29 is 9.18 Å². The first-order valence-corrected chi connectivity index (χ1v) is 8.98. The fraction of sp³-hybridized carbons (Fsp3) is 0.118. The first kappa shape index (κ1) is 16.6. The molecular weight excluding hydrogens is 345 g/mol. The second-order valence-corrected chi connectivity index (χ2v) is 7.18. The number of benzene rings is 1. The van der Waals surface area contributed by atoms with Gasteiger partial charge >= 0.3 is 0 Å². The Morgan fingerprint density at radius 3 is 2.75 bits per heavy atom. The Bertz CT molecular complexity index is 821. The molecule has 0 bridgehead atoms. The molecule has 2 aromatic heterocycles. The summed E-state index contributed by atoms with van der Waals surface area (Å²) in [6.07, 6.45) is 1.70. The number of rotatable bonds is 5. The molecular formula is C17H14FN3OS2. The molecule has 1 aromatic carbocycles. The number of thioether (sulfide) groups is 1. The molecule has 1 unspecified atom stereocenters. The number of nitrogens with one attached hydrogen (secondary N) is 1. The molecule has 0 aliphatic heterocycles. The lowest BCUT2D eigenvalue weighted by atomic mass is 10.2. The molecule has 2 heterocycles. The molecule has 1 atom stereocenters. The van der Waals surface area contributed by atoms with Gasteiger partial charge in [0, 0.05) is 17.1 Å². The fourth-order valence-corrected chi connectivity index (χ4v) is 3.47. The van der Waals surface area contributed by atoms with Crippen LogP contribution < -0.4 is 5.32 Å². The highest BCUT2D eigenvalue weighted by molar-refractivity contribution is 8.00. The summed E-state index contributed by atoms with van der Waals surface area (Å²) in [7, 11) is 0. The highest BCUT2D eigenvalue weighted by Crippen LogP contribution is 2.26. The van der Waals surface area contributed by atoms with Crippen LogP contribution in [0.1, 0.15) is 6.92 Å². The van der Waals surface area contributed by atoms with Gasteiger partial charge in [0.2, 0.25) is 5.91 Å². The number of nitrogens with zero attached hydrogens (tertiary/aromatic N) is 2. The van der Waals surface area contributed by atoms with E-state index in [4.69, 9.17) is 0 Å². The summed E-state index contributed by atoms with van der Waals surface area (Å²) in [5.41, 5.74) is 1.52. The predicted molar refractivity (Wildman–Crippen MR) is 95.7 cm³/mol. The van der Waals surface area contributed by atoms with Crippen LogP contribution in [0.15, 0.2) is 59.1 Å². The molecule has 0 spiro atoms. The van der Waals surface area contributed by atoms with Gasteiger partial charge in [0.25, 0.3) is 0 Å². The van der Waals surface area contributed by atoms with E-state index >= 15 is 0 Å². The summed E-state index contributed by atoms with van der Waals surface area (Å²) in [4.78, 5) is 20.8. The number of aromatic nitrogens is 2. The third-order valence-corrected chi connectivity index (χ3v) is 4.99. The zero-order valence-corrected chi connectivity index (χ0v) is 14.4. The summed E-state index contributed by atoms with van der Waals surface area (Å²) >= 11 is 2.73. The maximum atomic E-state index is 13.0. The average molecular weight is 359 g/mol. The second kappa shape index (κ2) is 7.55. The topological polar surface area (TPSA) is 54.9 Å². The molecule has 0 aliphatic rings. The second-order valence-electron chi connectivity index (χ2n) is 4.96. The number of pyridine rings is 1. The Morgan fingerprint density at radius 2 is 2.04 bits per heavy atom. The third kappa shape index (κ3) is 4.18. The van der Waals surface area contributed by atoms with Crippen molar-refractivity contribution >= 4 is 34.1 Å². The van der Waals surface area contributed by atoms with Crippen molar-refractivity contribution in [2.45, 2.75) is 17.2 Å². The van der Waals surface area contributed by atoms with Crippen LogP contribution in [0.4, 0.5) is 9.52 Å². The maximum absolute atomic E-state index is 13.0. The number of carbonyl (C=O) groups excluding carboxylic acids is 1. The standard InChI is InChI=1S/C17H14FN3OS2/c1-11(24-15-4-2-3-9-19-15)16(22)21-17-20-14(10-23-17)12-5-7-13(18)8-6-12/h2-11H,1H3,(H,20,21,22). The Kier molecular flexibility index (Phi) is 5.22. The van der Waals surface area contributed by atoms with E-state index in [2.05, 4.69) is 15.3 Å². The number of amides is 1. The Labute approximate surface area is 147 Å². The molecule has 0 saturated heterocycles. The first-order valence-electron chi connectivity index (χ1n) is 7.22. The number of carbonyl (C=O) groups is 1. The van der Waals surface area contributed by atoms with Gasteiger partial charge in [-0.2, -0.15) is 0 Å². The van der Waals surface area contributed by atoms with E-state index in [0.717, 1.165) is 10.6 Å². The molecule has 4 nitrogen and oxygen atoms in total. The van der Waals surface area contributed by atoms with Crippen molar-refractivity contribution in [2.75, 3.05) is 5.32 Å². The SMILES string of the molecule is CC(Sc1ccccn1)C(=O)Nc1nc(-c2ccc(F)cc2)cs1. The zero-order valence-electron chi connectivity index (χ0n) is 12.8. The summed E-state index contributed by atoms with van der Waals surface area (Å²) in [6, 6.07) is 11.7. The predicted octanol–water partition coefficient (Wildman–Crippen LogP) is 4.46. The normalized spacial score (nSPS) is 11.9. The van der Waals surface area contributed by atoms with E-state index in [1.807, 2.05) is 30.5 Å². The van der Waals surface area contributed by atoms with E-state index in [1.165, 1.54) is 35.2 Å². The molecule has 0 radical (unpaired) electrons. The Balaban J connectivity index is 1.63. The molecule has 0 aliphatic carbocycles. The van der Waals surface area contributed by atoms with Gasteiger partial charge in [-0.05, 0) is 43.3 Å². The molecule has 0 saturated carbocycles. The lowest BCUT2D eigenvalue weighted by molar-refractivity contribution is -0.115. The van der Waals surface area contributed by atoms with Crippen LogP contribution in [0.5, 0.6) is 0 Å². The molecule has 1 N–H and O–H groups in total. The van der Waals surface area contributed by atoms with Crippen LogP contribution in [0, 0.1) is 5.82 Å². The monoisotopic (exact) mass is 359 g/mol. The van der Waals surface area contributed by atoms with E-state index in [9.17, 15) is 9.18 Å². The van der Waals surface area contributed by atoms with Crippen molar-refractivity contribution in [3.05, 3.63) is 59.9 Å². The number of anilines is 1. The third-order valence-electron chi connectivity index (χ3n) is 3.18. The zero-order chi connectivity index (χ0) is 16.9. The van der Waals surface area contributed by atoms with Crippen LogP contribution in [-0.2, 0) is 4.79 Å². The highest BCUT2D eigenvalue weighted by atomic mass is 32.2. The van der Waals surface area contributed by atoms with Gasteiger partial charge in [-0.3, -0.25) is 4.79 Å². The molecule has 0 fully saturated rings. The van der Waals surface area contributed by atoms with Crippen LogP contribution in [0.3, 0.4) is 0 Å². The summed E-state index contributed by atoms with van der Waals surface area (Å²) in [6.45, 7) is 1.82. The minimum atomic E-state index is -0.293. The summed E-state index contributed by atoms with van der Waals surface area (Å²) < 4.78 is 13.0. The summed E-state index contributed by atoms with van der Waals surface area (Å²) in [5, 5.41) is 5.67. The number of hydrogen-bond donors (Lipinski definition) is 1. The van der Waals surface area contributed by atoms with Gasteiger partial charge in [-0.15, -0.1) is 11.3 Å². The first-order chi connectivity index (χ1) is 11.6. The van der Waals surface area contributed by atoms with E-state index in [0.29, 0.717) is 10.8 Å². The number of halogens is 1. The minimum absolute atomic E-state index is 0.134. The van der Waals surface area contributed by atoms with Crippen LogP contribution in [-0.4, -0.2) is 21.1 Å². The molecule has 122 valence electrons. The maximum Gasteiger partial charge on any atom is 0.239 e. The Hall–Kier alpha value is -2.25. The fourth-order valence-electron chi connectivity index (χ4n) is 1.94. The molecule has 1 amide bonds. The smallest absolute Gasteiger partial charge is 0.239 e. The van der Waals surface area contributed by atoms with Crippen LogP contribution >= 0.6 is 23.1 Å². The van der Waals surface area contributed by atoms with Crippen molar-refractivity contribution in [3.8, 4) is 11.3 Å². The lowest BCUT2D eigenvalue weighted by Gasteiger charge is -2.09. The van der Waals surface area contributed by atoms with E-state index < -0.39 is 0 Å². The number of thiazole rings is 1. The quantitative estimate of drug-likeness (QED) is 0.683. The van der Waals surface area contributed by atoms with Gasteiger partial charge in [0.15, 0.2) is 5.13 Å².